The molecule has 1 amide bonds. The molecule has 3 nitrogen and oxygen atoms in total. The van der Waals surface area contributed by atoms with Crippen LogP contribution in [-0.2, 0) is 0 Å². The lowest BCUT2D eigenvalue weighted by Gasteiger charge is -2.15. The van der Waals surface area contributed by atoms with Gasteiger partial charge < -0.3 is 11.1 Å². The van der Waals surface area contributed by atoms with Crippen LogP contribution in [0.5, 0.6) is 0 Å². The minimum absolute atomic E-state index is 0.155. The lowest BCUT2D eigenvalue weighted by atomic mass is 10.1. The van der Waals surface area contributed by atoms with Crippen LogP contribution in [0.3, 0.4) is 0 Å². The van der Waals surface area contributed by atoms with Gasteiger partial charge in [-0.05, 0) is 42.8 Å². The Labute approximate surface area is 127 Å². The van der Waals surface area contributed by atoms with Gasteiger partial charge in [0, 0.05) is 10.6 Å². The van der Waals surface area contributed by atoms with Crippen molar-refractivity contribution in [3.8, 4) is 0 Å². The molecule has 104 valence electrons. The molecule has 0 radical (unpaired) electrons. The third-order valence-corrected chi connectivity index (χ3v) is 3.53. The van der Waals surface area contributed by atoms with Crippen LogP contribution < -0.4 is 11.1 Å². The van der Waals surface area contributed by atoms with Gasteiger partial charge in [0.2, 0.25) is 0 Å². The van der Waals surface area contributed by atoms with E-state index in [4.69, 9.17) is 28.9 Å². The maximum atomic E-state index is 12.1. The second-order valence-corrected chi connectivity index (χ2v) is 5.33. The van der Waals surface area contributed by atoms with E-state index in [0.29, 0.717) is 21.3 Å². The minimum Gasteiger partial charge on any atom is -0.398 e. The van der Waals surface area contributed by atoms with Crippen LogP contribution in [0.4, 0.5) is 5.69 Å². The molecule has 0 spiro atoms. The van der Waals surface area contributed by atoms with Crippen LogP contribution in [0.25, 0.3) is 0 Å². The Kier molecular flexibility index (Phi) is 4.53. The molecular weight excluding hydrogens is 295 g/mol. The van der Waals surface area contributed by atoms with Gasteiger partial charge in [-0.15, -0.1) is 0 Å². The first kappa shape index (κ1) is 14.7. The number of rotatable bonds is 3. The molecule has 0 saturated carbocycles. The average Bonchev–Trinajstić information content (AvgIpc) is 2.41. The summed E-state index contributed by atoms with van der Waals surface area (Å²) in [7, 11) is 0. The van der Waals surface area contributed by atoms with Crippen molar-refractivity contribution >= 4 is 34.8 Å². The van der Waals surface area contributed by atoms with Crippen molar-refractivity contribution in [2.24, 2.45) is 0 Å². The zero-order valence-electron chi connectivity index (χ0n) is 10.9. The van der Waals surface area contributed by atoms with Crippen molar-refractivity contribution in [3.63, 3.8) is 0 Å². The summed E-state index contributed by atoms with van der Waals surface area (Å²) < 4.78 is 0. The summed E-state index contributed by atoms with van der Waals surface area (Å²) in [5, 5.41) is 3.96. The highest BCUT2D eigenvalue weighted by Crippen LogP contribution is 2.21. The van der Waals surface area contributed by atoms with Gasteiger partial charge in [0.1, 0.15) is 0 Å². The number of benzene rings is 2. The number of halogens is 2. The number of carbonyl (C=O) groups is 1. The highest BCUT2D eigenvalue weighted by molar-refractivity contribution is 6.33. The molecule has 0 bridgehead atoms. The molecule has 0 unspecified atom stereocenters. The van der Waals surface area contributed by atoms with Gasteiger partial charge in [-0.2, -0.15) is 0 Å². The van der Waals surface area contributed by atoms with Crippen LogP contribution >= 0.6 is 23.2 Å². The summed E-state index contributed by atoms with van der Waals surface area (Å²) in [6, 6.07) is 12.0. The fourth-order valence-electron chi connectivity index (χ4n) is 1.82. The van der Waals surface area contributed by atoms with Gasteiger partial charge in [-0.3, -0.25) is 4.79 Å². The second kappa shape index (κ2) is 6.16. The quantitative estimate of drug-likeness (QED) is 0.840. The van der Waals surface area contributed by atoms with E-state index in [1.165, 1.54) is 0 Å². The Morgan fingerprint density at radius 1 is 1.20 bits per heavy atom. The molecule has 2 aromatic rings. The first-order valence-corrected chi connectivity index (χ1v) is 6.84. The second-order valence-electron chi connectivity index (χ2n) is 4.49. The van der Waals surface area contributed by atoms with Crippen molar-refractivity contribution in [3.05, 3.63) is 63.6 Å². The maximum absolute atomic E-state index is 12.1. The highest BCUT2D eigenvalue weighted by atomic mass is 35.5. The molecule has 5 heteroatoms. The standard InChI is InChI=1S/C15H14Cl2N2O/c1-9(10-3-2-4-12(16)7-10)19-15(20)11-5-6-13(17)14(18)8-11/h2-9H,18H2,1H3,(H,19,20)/t9-/m0/s1. The maximum Gasteiger partial charge on any atom is 0.251 e. The van der Waals surface area contributed by atoms with E-state index in [2.05, 4.69) is 5.32 Å². The summed E-state index contributed by atoms with van der Waals surface area (Å²) in [4.78, 5) is 12.1. The molecular formula is C15H14Cl2N2O. The van der Waals surface area contributed by atoms with Gasteiger partial charge in [0.05, 0.1) is 16.8 Å². The van der Waals surface area contributed by atoms with E-state index in [9.17, 15) is 4.79 Å². The van der Waals surface area contributed by atoms with Crippen LogP contribution in [0.1, 0.15) is 28.9 Å². The normalized spacial score (nSPS) is 11.9. The van der Waals surface area contributed by atoms with Crippen molar-refractivity contribution in [1.82, 2.24) is 5.32 Å². The molecule has 2 aromatic carbocycles. The van der Waals surface area contributed by atoms with Gasteiger partial charge in [-0.25, -0.2) is 0 Å². The fourth-order valence-corrected chi connectivity index (χ4v) is 2.14. The number of nitrogen functional groups attached to an aromatic ring is 1. The van der Waals surface area contributed by atoms with E-state index in [1.54, 1.807) is 24.3 Å². The predicted molar refractivity (Wildman–Crippen MR) is 83.2 cm³/mol. The Morgan fingerprint density at radius 3 is 2.60 bits per heavy atom. The van der Waals surface area contributed by atoms with E-state index in [-0.39, 0.29) is 11.9 Å². The summed E-state index contributed by atoms with van der Waals surface area (Å²) in [5.74, 6) is -0.208. The smallest absolute Gasteiger partial charge is 0.251 e. The topological polar surface area (TPSA) is 55.1 Å². The van der Waals surface area contributed by atoms with Crippen molar-refractivity contribution in [2.75, 3.05) is 5.73 Å². The van der Waals surface area contributed by atoms with Crippen LogP contribution in [0.2, 0.25) is 10.0 Å². The van der Waals surface area contributed by atoms with E-state index in [1.807, 2.05) is 25.1 Å². The van der Waals surface area contributed by atoms with Crippen molar-refractivity contribution in [1.29, 1.82) is 0 Å². The van der Waals surface area contributed by atoms with Crippen LogP contribution in [0.15, 0.2) is 42.5 Å². The summed E-state index contributed by atoms with van der Waals surface area (Å²) in [5.41, 5.74) is 7.49. The SMILES string of the molecule is C[C@H](NC(=O)c1ccc(Cl)c(N)c1)c1cccc(Cl)c1. The average molecular weight is 309 g/mol. The number of carbonyl (C=O) groups excluding carboxylic acids is 1. The van der Waals surface area contributed by atoms with Gasteiger partial charge in [0.25, 0.3) is 5.91 Å². The number of amides is 1. The van der Waals surface area contributed by atoms with Crippen LogP contribution in [0, 0.1) is 0 Å². The van der Waals surface area contributed by atoms with Gasteiger partial charge in [-0.1, -0.05) is 35.3 Å². The summed E-state index contributed by atoms with van der Waals surface area (Å²) >= 11 is 11.8. The Morgan fingerprint density at radius 2 is 1.95 bits per heavy atom. The number of hydrogen-bond donors (Lipinski definition) is 2. The molecule has 0 heterocycles. The first-order chi connectivity index (χ1) is 9.47. The number of anilines is 1. The molecule has 20 heavy (non-hydrogen) atoms. The molecule has 0 fully saturated rings. The molecule has 0 saturated heterocycles. The largest absolute Gasteiger partial charge is 0.398 e. The summed E-state index contributed by atoms with van der Waals surface area (Å²) in [6.45, 7) is 1.89. The minimum atomic E-state index is -0.208. The molecule has 0 aromatic heterocycles. The zero-order chi connectivity index (χ0) is 14.7. The first-order valence-electron chi connectivity index (χ1n) is 6.08. The fraction of sp³-hybridized carbons (Fsp3) is 0.133. The molecule has 0 aliphatic rings. The lowest BCUT2D eigenvalue weighted by molar-refractivity contribution is 0.0940. The Bertz CT molecular complexity index is 644. The van der Waals surface area contributed by atoms with Gasteiger partial charge in [0.15, 0.2) is 0 Å². The Hall–Kier alpha value is -1.71. The van der Waals surface area contributed by atoms with Crippen LogP contribution in [-0.4, -0.2) is 5.91 Å². The van der Waals surface area contributed by atoms with E-state index < -0.39 is 0 Å². The predicted octanol–water partition coefficient (Wildman–Crippen LogP) is 4.07. The monoisotopic (exact) mass is 308 g/mol. The molecule has 1 atom stereocenters. The van der Waals surface area contributed by atoms with Gasteiger partial charge >= 0.3 is 0 Å². The van der Waals surface area contributed by atoms with Crippen molar-refractivity contribution in [2.45, 2.75) is 13.0 Å². The van der Waals surface area contributed by atoms with E-state index in [0.717, 1.165) is 5.56 Å². The zero-order valence-corrected chi connectivity index (χ0v) is 12.4. The molecule has 0 aliphatic heterocycles. The number of nitrogens with two attached hydrogens (primary N) is 1. The lowest BCUT2D eigenvalue weighted by Crippen LogP contribution is -2.26. The van der Waals surface area contributed by atoms with Crippen molar-refractivity contribution < 1.29 is 4.79 Å². The molecule has 2 rings (SSSR count). The summed E-state index contributed by atoms with van der Waals surface area (Å²) in [6.07, 6.45) is 0. The third-order valence-electron chi connectivity index (χ3n) is 2.95. The molecule has 0 aliphatic carbocycles. The molecule has 3 N–H and O–H groups in total. The number of hydrogen-bond acceptors (Lipinski definition) is 2. The Balaban J connectivity index is 2.13. The third kappa shape index (κ3) is 3.44. The number of nitrogens with one attached hydrogen (secondary N) is 1. The highest BCUT2D eigenvalue weighted by Gasteiger charge is 2.12. The van der Waals surface area contributed by atoms with E-state index >= 15 is 0 Å².